The molecule has 96 valence electrons. The molecule has 4 heteroatoms. The number of hydrogen-bond acceptors (Lipinski definition) is 3. The minimum absolute atomic E-state index is 0.0273. The van der Waals surface area contributed by atoms with Gasteiger partial charge in [-0.3, -0.25) is 9.79 Å². The highest BCUT2D eigenvalue weighted by atomic mass is 35.5. The van der Waals surface area contributed by atoms with E-state index in [4.69, 9.17) is 11.6 Å². The van der Waals surface area contributed by atoms with Crippen molar-refractivity contribution in [1.82, 2.24) is 0 Å². The number of nitrogens with zero attached hydrogens (tertiary/aromatic N) is 1. The molecular formula is C15H12ClNO2. The van der Waals surface area contributed by atoms with Crippen molar-refractivity contribution in [2.75, 3.05) is 0 Å². The summed E-state index contributed by atoms with van der Waals surface area (Å²) < 4.78 is 0. The Bertz CT molecular complexity index is 606. The van der Waals surface area contributed by atoms with E-state index >= 15 is 0 Å². The van der Waals surface area contributed by atoms with Crippen LogP contribution in [0.1, 0.15) is 16.8 Å². The quantitative estimate of drug-likeness (QED) is 0.676. The van der Waals surface area contributed by atoms with Crippen LogP contribution < -0.4 is 0 Å². The van der Waals surface area contributed by atoms with Crippen LogP contribution in [0.15, 0.2) is 53.5 Å². The van der Waals surface area contributed by atoms with Crippen LogP contribution in [0.3, 0.4) is 0 Å². The molecule has 1 N–H and O–H groups in total. The van der Waals surface area contributed by atoms with Gasteiger partial charge < -0.3 is 5.11 Å². The van der Waals surface area contributed by atoms with Gasteiger partial charge in [-0.2, -0.15) is 0 Å². The van der Waals surface area contributed by atoms with Crippen molar-refractivity contribution in [2.45, 2.75) is 6.42 Å². The van der Waals surface area contributed by atoms with Crippen LogP contribution in [0.25, 0.3) is 0 Å². The number of rotatable bonds is 4. The molecule has 2 aromatic carbocycles. The van der Waals surface area contributed by atoms with Crippen molar-refractivity contribution in [3.63, 3.8) is 0 Å². The first-order chi connectivity index (χ1) is 9.15. The fourth-order valence-electron chi connectivity index (χ4n) is 1.56. The highest BCUT2D eigenvalue weighted by Crippen LogP contribution is 2.18. The van der Waals surface area contributed by atoms with E-state index in [1.54, 1.807) is 42.5 Å². The molecule has 0 amide bonds. The number of phenols is 1. The van der Waals surface area contributed by atoms with Gasteiger partial charge in [0.15, 0.2) is 5.78 Å². The van der Waals surface area contributed by atoms with Gasteiger partial charge in [-0.05, 0) is 36.4 Å². The summed E-state index contributed by atoms with van der Waals surface area (Å²) in [6.45, 7) is 0. The third kappa shape index (κ3) is 3.93. The van der Waals surface area contributed by atoms with Gasteiger partial charge in [-0.1, -0.05) is 17.7 Å². The van der Waals surface area contributed by atoms with Gasteiger partial charge in [0.2, 0.25) is 0 Å². The minimum Gasteiger partial charge on any atom is -0.508 e. The number of Topliss-reactive ketones (excluding diaryl/α,β-unsaturated/α-hetero) is 1. The van der Waals surface area contributed by atoms with Gasteiger partial charge in [0.05, 0.1) is 5.69 Å². The zero-order valence-electron chi connectivity index (χ0n) is 10.1. The molecule has 0 fully saturated rings. The molecule has 0 aliphatic heterocycles. The van der Waals surface area contributed by atoms with E-state index in [1.807, 2.05) is 0 Å². The van der Waals surface area contributed by atoms with E-state index in [1.165, 1.54) is 12.3 Å². The number of carbonyl (C=O) groups is 1. The zero-order chi connectivity index (χ0) is 13.7. The molecular weight excluding hydrogens is 262 g/mol. The fourth-order valence-corrected chi connectivity index (χ4v) is 1.69. The van der Waals surface area contributed by atoms with Crippen LogP contribution in [0.4, 0.5) is 5.69 Å². The SMILES string of the molecule is O=C(CC=Nc1cccc(O)c1)c1ccc(Cl)cc1. The summed E-state index contributed by atoms with van der Waals surface area (Å²) >= 11 is 5.75. The maximum atomic E-state index is 11.8. The Labute approximate surface area is 116 Å². The summed E-state index contributed by atoms with van der Waals surface area (Å²) in [6, 6.07) is 13.3. The van der Waals surface area contributed by atoms with E-state index in [-0.39, 0.29) is 18.0 Å². The van der Waals surface area contributed by atoms with Crippen LogP contribution in [0.2, 0.25) is 5.02 Å². The van der Waals surface area contributed by atoms with E-state index in [0.29, 0.717) is 16.3 Å². The third-order valence-electron chi connectivity index (χ3n) is 2.51. The van der Waals surface area contributed by atoms with Crippen molar-refractivity contribution in [3.8, 4) is 5.75 Å². The van der Waals surface area contributed by atoms with Gasteiger partial charge in [-0.15, -0.1) is 0 Å². The number of benzene rings is 2. The number of phenolic OH excluding ortho intramolecular Hbond substituents is 1. The molecule has 0 aliphatic rings. The van der Waals surface area contributed by atoms with Gasteiger partial charge in [0.1, 0.15) is 5.75 Å². The lowest BCUT2D eigenvalue weighted by Crippen LogP contribution is -1.98. The second-order valence-corrected chi connectivity index (χ2v) is 4.40. The average molecular weight is 274 g/mol. The number of hydrogen-bond donors (Lipinski definition) is 1. The Balaban J connectivity index is 1.98. The molecule has 0 bridgehead atoms. The topological polar surface area (TPSA) is 49.7 Å². The maximum Gasteiger partial charge on any atom is 0.168 e. The molecule has 0 heterocycles. The first-order valence-corrected chi connectivity index (χ1v) is 6.13. The Hall–Kier alpha value is -2.13. The Morgan fingerprint density at radius 3 is 2.63 bits per heavy atom. The van der Waals surface area contributed by atoms with Crippen molar-refractivity contribution in [3.05, 3.63) is 59.1 Å². The molecule has 3 nitrogen and oxygen atoms in total. The first-order valence-electron chi connectivity index (χ1n) is 5.75. The normalized spacial score (nSPS) is 10.8. The molecule has 0 aromatic heterocycles. The second-order valence-electron chi connectivity index (χ2n) is 3.97. The van der Waals surface area contributed by atoms with Crippen LogP contribution >= 0.6 is 11.6 Å². The second kappa shape index (κ2) is 6.16. The Kier molecular flexibility index (Phi) is 4.31. The summed E-state index contributed by atoms with van der Waals surface area (Å²) in [7, 11) is 0. The van der Waals surface area contributed by atoms with Crippen LogP contribution in [-0.2, 0) is 0 Å². The van der Waals surface area contributed by atoms with E-state index in [2.05, 4.69) is 4.99 Å². The van der Waals surface area contributed by atoms with Crippen LogP contribution in [0, 0.1) is 0 Å². The molecule has 0 unspecified atom stereocenters. The molecule has 2 rings (SSSR count). The molecule has 0 saturated carbocycles. The minimum atomic E-state index is -0.0273. The maximum absolute atomic E-state index is 11.8. The number of aromatic hydroxyl groups is 1. The Morgan fingerprint density at radius 1 is 1.21 bits per heavy atom. The van der Waals surface area contributed by atoms with E-state index in [9.17, 15) is 9.90 Å². The van der Waals surface area contributed by atoms with E-state index < -0.39 is 0 Å². The fraction of sp³-hybridized carbons (Fsp3) is 0.0667. The predicted octanol–water partition coefficient (Wildman–Crippen LogP) is 4.02. The highest BCUT2D eigenvalue weighted by molar-refractivity contribution is 6.30. The predicted molar refractivity (Wildman–Crippen MR) is 76.7 cm³/mol. The van der Waals surface area contributed by atoms with Crippen LogP contribution in [0.5, 0.6) is 5.75 Å². The lowest BCUT2D eigenvalue weighted by Gasteiger charge is -1.98. The highest BCUT2D eigenvalue weighted by Gasteiger charge is 2.03. The lowest BCUT2D eigenvalue weighted by atomic mass is 10.1. The Morgan fingerprint density at radius 2 is 1.95 bits per heavy atom. The molecule has 19 heavy (non-hydrogen) atoms. The monoisotopic (exact) mass is 273 g/mol. The molecule has 0 saturated heterocycles. The third-order valence-corrected chi connectivity index (χ3v) is 2.76. The summed E-state index contributed by atoms with van der Waals surface area (Å²) in [6.07, 6.45) is 1.74. The zero-order valence-corrected chi connectivity index (χ0v) is 10.8. The van der Waals surface area contributed by atoms with Crippen molar-refractivity contribution < 1.29 is 9.90 Å². The standard InChI is InChI=1S/C15H12ClNO2/c16-12-6-4-11(5-7-12)15(19)8-9-17-13-2-1-3-14(18)10-13/h1-7,9-10,18H,8H2. The number of ketones is 1. The van der Waals surface area contributed by atoms with Gasteiger partial charge in [-0.25, -0.2) is 0 Å². The molecule has 0 radical (unpaired) electrons. The first kappa shape index (κ1) is 13.3. The van der Waals surface area contributed by atoms with E-state index in [0.717, 1.165) is 0 Å². The van der Waals surface area contributed by atoms with Crippen molar-refractivity contribution in [2.24, 2.45) is 4.99 Å². The lowest BCUT2D eigenvalue weighted by molar-refractivity contribution is 0.100. The largest absolute Gasteiger partial charge is 0.508 e. The molecule has 0 spiro atoms. The molecule has 2 aromatic rings. The average Bonchev–Trinajstić information content (AvgIpc) is 2.39. The number of aliphatic imine (C=N–C) groups is 1. The number of carbonyl (C=O) groups excluding carboxylic acids is 1. The van der Waals surface area contributed by atoms with Gasteiger partial charge in [0, 0.05) is 29.3 Å². The van der Waals surface area contributed by atoms with Gasteiger partial charge in [0.25, 0.3) is 0 Å². The van der Waals surface area contributed by atoms with Crippen molar-refractivity contribution >= 4 is 29.3 Å². The summed E-state index contributed by atoms with van der Waals surface area (Å²) in [5.74, 6) is 0.124. The number of halogens is 1. The van der Waals surface area contributed by atoms with Gasteiger partial charge >= 0.3 is 0 Å². The smallest absolute Gasteiger partial charge is 0.168 e. The van der Waals surface area contributed by atoms with Crippen LogP contribution in [-0.4, -0.2) is 17.1 Å². The molecule has 0 atom stereocenters. The molecule has 0 aliphatic carbocycles. The summed E-state index contributed by atoms with van der Waals surface area (Å²) in [5.41, 5.74) is 1.22. The summed E-state index contributed by atoms with van der Waals surface area (Å²) in [5, 5.41) is 9.87. The summed E-state index contributed by atoms with van der Waals surface area (Å²) in [4.78, 5) is 15.9. The van der Waals surface area contributed by atoms with Crippen molar-refractivity contribution in [1.29, 1.82) is 0 Å².